The van der Waals surface area contributed by atoms with Gasteiger partial charge in [0.1, 0.15) is 12.6 Å². The van der Waals surface area contributed by atoms with Crippen molar-refractivity contribution in [2.24, 2.45) is 29.1 Å². The quantitative estimate of drug-likeness (QED) is 0.713. The van der Waals surface area contributed by atoms with E-state index >= 15 is 0 Å². The van der Waals surface area contributed by atoms with Crippen LogP contribution >= 0.6 is 0 Å². The number of hydrogen-bond donors (Lipinski definition) is 2. The molecule has 0 aliphatic heterocycles. The van der Waals surface area contributed by atoms with Crippen LogP contribution in [-0.2, 0) is 19.1 Å². The third-order valence-electron chi connectivity index (χ3n) is 6.39. The minimum atomic E-state index is -0.620. The Morgan fingerprint density at radius 2 is 1.56 bits per heavy atom. The minimum absolute atomic E-state index is 0.0403. The fourth-order valence-electron chi connectivity index (χ4n) is 5.56. The maximum absolute atomic E-state index is 13.1. The summed E-state index contributed by atoms with van der Waals surface area (Å²) in [4.78, 5) is 36.8. The molecular formula is C19H30N2O4. The Bertz CT molecular complexity index is 522. The Morgan fingerprint density at radius 1 is 1.04 bits per heavy atom. The van der Waals surface area contributed by atoms with Crippen LogP contribution in [0.25, 0.3) is 0 Å². The second-order valence-corrected chi connectivity index (χ2v) is 8.69. The molecule has 2 amide bonds. The molecule has 4 bridgehead atoms. The number of rotatable bonds is 6. The highest BCUT2D eigenvalue weighted by Crippen LogP contribution is 2.60. The van der Waals surface area contributed by atoms with E-state index in [1.54, 1.807) is 0 Å². The van der Waals surface area contributed by atoms with Crippen molar-refractivity contribution >= 4 is 17.8 Å². The van der Waals surface area contributed by atoms with Crippen LogP contribution in [0.5, 0.6) is 0 Å². The molecule has 4 saturated carbocycles. The lowest BCUT2D eigenvalue weighted by molar-refractivity contribution is -0.149. The van der Waals surface area contributed by atoms with Crippen LogP contribution in [0.2, 0.25) is 0 Å². The summed E-state index contributed by atoms with van der Waals surface area (Å²) >= 11 is 0. The predicted molar refractivity (Wildman–Crippen MR) is 92.4 cm³/mol. The van der Waals surface area contributed by atoms with Crippen LogP contribution < -0.4 is 10.6 Å². The van der Waals surface area contributed by atoms with Crippen LogP contribution in [-0.4, -0.2) is 37.5 Å². The van der Waals surface area contributed by atoms with Gasteiger partial charge in [0.15, 0.2) is 0 Å². The Labute approximate surface area is 149 Å². The number of methoxy groups -OCH3 is 1. The first-order valence-electron chi connectivity index (χ1n) is 9.48. The van der Waals surface area contributed by atoms with Crippen LogP contribution in [0.3, 0.4) is 0 Å². The van der Waals surface area contributed by atoms with Gasteiger partial charge in [-0.2, -0.15) is 0 Å². The molecule has 1 atom stereocenters. The average Bonchev–Trinajstić information content (AvgIpc) is 2.55. The predicted octanol–water partition coefficient (Wildman–Crippen LogP) is 1.63. The molecule has 4 aliphatic rings. The lowest BCUT2D eigenvalue weighted by Crippen LogP contribution is -2.58. The summed E-state index contributed by atoms with van der Waals surface area (Å²) < 4.78 is 4.55. The Hall–Kier alpha value is -1.59. The maximum Gasteiger partial charge on any atom is 0.325 e. The smallest absolute Gasteiger partial charge is 0.325 e. The number of esters is 1. The summed E-state index contributed by atoms with van der Waals surface area (Å²) in [6.07, 6.45) is 6.75. The van der Waals surface area contributed by atoms with E-state index in [9.17, 15) is 14.4 Å². The van der Waals surface area contributed by atoms with Crippen LogP contribution in [0, 0.1) is 29.1 Å². The van der Waals surface area contributed by atoms with Gasteiger partial charge in [-0.1, -0.05) is 13.8 Å². The average molecular weight is 350 g/mol. The summed E-state index contributed by atoms with van der Waals surface area (Å²) in [6, 6.07) is -0.620. The number of carbonyl (C=O) groups is 3. The van der Waals surface area contributed by atoms with Gasteiger partial charge in [-0.3, -0.25) is 14.4 Å². The van der Waals surface area contributed by atoms with Crippen molar-refractivity contribution in [1.29, 1.82) is 0 Å². The van der Waals surface area contributed by atoms with Gasteiger partial charge in [-0.25, -0.2) is 0 Å². The molecule has 2 N–H and O–H groups in total. The summed E-state index contributed by atoms with van der Waals surface area (Å²) in [5.41, 5.74) is -0.273. The van der Waals surface area contributed by atoms with E-state index in [4.69, 9.17) is 0 Å². The number of hydrogen-bond acceptors (Lipinski definition) is 4. The van der Waals surface area contributed by atoms with Crippen molar-refractivity contribution in [3.05, 3.63) is 0 Å². The maximum atomic E-state index is 13.1. The molecule has 0 aromatic carbocycles. The molecule has 0 aromatic heterocycles. The molecule has 0 heterocycles. The summed E-state index contributed by atoms with van der Waals surface area (Å²) in [5, 5.41) is 5.58. The summed E-state index contributed by atoms with van der Waals surface area (Å²) in [7, 11) is 1.28. The first-order valence-corrected chi connectivity index (χ1v) is 9.48. The van der Waals surface area contributed by atoms with Crippen molar-refractivity contribution < 1.29 is 19.1 Å². The van der Waals surface area contributed by atoms with Crippen molar-refractivity contribution in [3.63, 3.8) is 0 Å². The Morgan fingerprint density at radius 3 is 2.00 bits per heavy atom. The normalized spacial score (nSPS) is 33.8. The highest BCUT2D eigenvalue weighted by molar-refractivity contribution is 5.91. The summed E-state index contributed by atoms with van der Waals surface area (Å²) in [6.45, 7) is 3.64. The van der Waals surface area contributed by atoms with Gasteiger partial charge in [0, 0.05) is 5.41 Å². The van der Waals surface area contributed by atoms with Gasteiger partial charge in [-0.15, -0.1) is 0 Å². The van der Waals surface area contributed by atoms with Crippen LogP contribution in [0.1, 0.15) is 52.4 Å². The zero-order valence-electron chi connectivity index (χ0n) is 15.5. The molecular weight excluding hydrogens is 320 g/mol. The van der Waals surface area contributed by atoms with Gasteiger partial charge in [0.2, 0.25) is 11.8 Å². The minimum Gasteiger partial charge on any atom is -0.468 e. The van der Waals surface area contributed by atoms with Gasteiger partial charge in [0.25, 0.3) is 0 Å². The standard InChI is InChI=1S/C19H30N2O4/c1-11(2)16(17(23)20-10-15(22)25-3)21-18(24)19-7-12-4-13(8-19)6-14(5-12)9-19/h11-14,16H,4-10H2,1-3H3,(H,20,23)(H,21,24). The molecule has 25 heavy (non-hydrogen) atoms. The molecule has 4 rings (SSSR count). The Kier molecular flexibility index (Phi) is 5.07. The first-order chi connectivity index (χ1) is 11.8. The molecule has 0 radical (unpaired) electrons. The third kappa shape index (κ3) is 3.67. The van der Waals surface area contributed by atoms with Crippen LogP contribution in [0.15, 0.2) is 0 Å². The molecule has 4 aliphatic carbocycles. The van der Waals surface area contributed by atoms with E-state index in [2.05, 4.69) is 15.4 Å². The fourth-order valence-corrected chi connectivity index (χ4v) is 5.56. The van der Waals surface area contributed by atoms with Crippen molar-refractivity contribution in [2.45, 2.75) is 58.4 Å². The van der Waals surface area contributed by atoms with Crippen LogP contribution in [0.4, 0.5) is 0 Å². The topological polar surface area (TPSA) is 84.5 Å². The number of nitrogens with one attached hydrogen (secondary N) is 2. The van der Waals surface area contributed by atoms with Crippen molar-refractivity contribution in [2.75, 3.05) is 13.7 Å². The number of amides is 2. The van der Waals surface area contributed by atoms with Gasteiger partial charge < -0.3 is 15.4 Å². The van der Waals surface area contributed by atoms with E-state index in [-0.39, 0.29) is 29.7 Å². The van der Waals surface area contributed by atoms with E-state index in [0.717, 1.165) is 19.3 Å². The number of carbonyl (C=O) groups excluding carboxylic acids is 3. The third-order valence-corrected chi connectivity index (χ3v) is 6.39. The lowest BCUT2D eigenvalue weighted by Gasteiger charge is -2.55. The molecule has 4 fully saturated rings. The van der Waals surface area contributed by atoms with E-state index < -0.39 is 12.0 Å². The van der Waals surface area contributed by atoms with Gasteiger partial charge in [-0.05, 0) is 62.2 Å². The SMILES string of the molecule is COC(=O)CNC(=O)C(NC(=O)C12CC3CC(CC(C3)C1)C2)C(C)C. The van der Waals surface area contributed by atoms with Crippen molar-refractivity contribution in [3.8, 4) is 0 Å². The molecule has 6 nitrogen and oxygen atoms in total. The molecule has 6 heteroatoms. The fraction of sp³-hybridized carbons (Fsp3) is 0.842. The monoisotopic (exact) mass is 350 g/mol. The van der Waals surface area contributed by atoms with E-state index in [0.29, 0.717) is 17.8 Å². The molecule has 0 saturated heterocycles. The molecule has 0 spiro atoms. The second kappa shape index (κ2) is 6.96. The van der Waals surface area contributed by atoms with Gasteiger partial charge in [0.05, 0.1) is 7.11 Å². The molecule has 0 aromatic rings. The zero-order valence-corrected chi connectivity index (χ0v) is 15.5. The lowest BCUT2D eigenvalue weighted by atomic mass is 9.49. The molecule has 140 valence electrons. The zero-order chi connectivity index (χ0) is 18.2. The number of ether oxygens (including phenoxy) is 1. The molecule has 1 unspecified atom stereocenters. The van der Waals surface area contributed by atoms with E-state index in [1.165, 1.54) is 26.4 Å². The first kappa shape index (κ1) is 18.2. The second-order valence-electron chi connectivity index (χ2n) is 8.69. The Balaban J connectivity index is 1.65. The van der Waals surface area contributed by atoms with E-state index in [1.807, 2.05) is 13.8 Å². The highest BCUT2D eigenvalue weighted by Gasteiger charge is 2.55. The van der Waals surface area contributed by atoms with Crippen molar-refractivity contribution in [1.82, 2.24) is 10.6 Å². The highest BCUT2D eigenvalue weighted by atomic mass is 16.5. The van der Waals surface area contributed by atoms with Gasteiger partial charge >= 0.3 is 5.97 Å². The summed E-state index contributed by atoms with van der Waals surface area (Å²) in [5.74, 6) is 1.23. The largest absolute Gasteiger partial charge is 0.468 e.